The van der Waals surface area contributed by atoms with Crippen LogP contribution >= 0.6 is 0 Å². The van der Waals surface area contributed by atoms with E-state index in [9.17, 15) is 0 Å². The van der Waals surface area contributed by atoms with Crippen LogP contribution in [0.3, 0.4) is 0 Å². The third-order valence-corrected chi connectivity index (χ3v) is 6.00. The van der Waals surface area contributed by atoms with Crippen molar-refractivity contribution in [2.75, 3.05) is 0 Å². The molecule has 5 aromatic rings. The van der Waals surface area contributed by atoms with Gasteiger partial charge in [-0.1, -0.05) is 97.1 Å². The number of allylic oxidation sites excluding steroid dienone is 4. The van der Waals surface area contributed by atoms with Crippen molar-refractivity contribution in [3.8, 4) is 0 Å². The molecule has 2 nitrogen and oxygen atoms in total. The molecule has 3 aromatic carbocycles. The number of aryl methyl sites for hydroxylation is 2. The van der Waals surface area contributed by atoms with Crippen LogP contribution in [0.4, 0.5) is 0 Å². The van der Waals surface area contributed by atoms with Crippen LogP contribution in [0.1, 0.15) is 33.4 Å². The maximum absolute atomic E-state index is 4.52. The quantitative estimate of drug-likeness (QED) is 0.235. The van der Waals surface area contributed by atoms with Gasteiger partial charge in [0.05, 0.1) is 11.0 Å². The molecule has 0 amide bonds. The highest BCUT2D eigenvalue weighted by Gasteiger charge is 1.97. The second-order valence-electron chi connectivity index (χ2n) is 9.03. The summed E-state index contributed by atoms with van der Waals surface area (Å²) in [5.41, 5.74) is 9.04. The minimum Gasteiger partial charge on any atom is -0.256 e. The number of hydrogen-bond acceptors (Lipinski definition) is 2. The highest BCUT2D eigenvalue weighted by atomic mass is 14.7. The monoisotopic (exact) mass is 464 g/mol. The normalized spacial score (nSPS) is 12.3. The first-order valence-electron chi connectivity index (χ1n) is 12.1. The Morgan fingerprint density at radius 1 is 0.444 bits per heavy atom. The summed E-state index contributed by atoms with van der Waals surface area (Å²) < 4.78 is 0. The fourth-order valence-electron chi connectivity index (χ4n) is 4.09. The van der Waals surface area contributed by atoms with E-state index in [-0.39, 0.29) is 0 Å². The van der Waals surface area contributed by atoms with Gasteiger partial charge in [-0.3, -0.25) is 9.97 Å². The van der Waals surface area contributed by atoms with Gasteiger partial charge in [-0.25, -0.2) is 0 Å². The van der Waals surface area contributed by atoms with Gasteiger partial charge in [0.1, 0.15) is 0 Å². The van der Waals surface area contributed by atoms with Crippen LogP contribution in [0.5, 0.6) is 0 Å². The number of fused-ring (bicyclic) bond motifs is 2. The van der Waals surface area contributed by atoms with Gasteiger partial charge in [-0.15, -0.1) is 0 Å². The molecule has 0 unspecified atom stereocenters. The van der Waals surface area contributed by atoms with Gasteiger partial charge in [0.15, 0.2) is 0 Å². The van der Waals surface area contributed by atoms with Gasteiger partial charge >= 0.3 is 0 Å². The van der Waals surface area contributed by atoms with E-state index in [4.69, 9.17) is 0 Å². The van der Waals surface area contributed by atoms with Crippen molar-refractivity contribution < 1.29 is 0 Å². The number of aromatic nitrogens is 2. The maximum Gasteiger partial charge on any atom is 0.0708 e. The van der Waals surface area contributed by atoms with Crippen molar-refractivity contribution in [3.63, 3.8) is 0 Å². The summed E-state index contributed by atoms with van der Waals surface area (Å²) in [6.45, 7) is 4.13. The van der Waals surface area contributed by atoms with Crippen LogP contribution in [0, 0.1) is 13.8 Å². The van der Waals surface area contributed by atoms with Gasteiger partial charge in [0, 0.05) is 23.2 Å². The van der Waals surface area contributed by atoms with Crippen LogP contribution in [-0.2, 0) is 0 Å². The largest absolute Gasteiger partial charge is 0.256 e. The highest BCUT2D eigenvalue weighted by Crippen LogP contribution is 2.17. The number of pyridine rings is 2. The van der Waals surface area contributed by atoms with E-state index in [0.717, 1.165) is 22.2 Å². The first-order chi connectivity index (χ1) is 17.6. The van der Waals surface area contributed by atoms with Crippen LogP contribution < -0.4 is 0 Å². The molecule has 2 heteroatoms. The lowest BCUT2D eigenvalue weighted by atomic mass is 10.1. The summed E-state index contributed by atoms with van der Waals surface area (Å²) in [5, 5.41) is 2.35. The molecule has 0 aliphatic heterocycles. The second kappa shape index (κ2) is 10.8. The van der Waals surface area contributed by atoms with Crippen LogP contribution in [0.25, 0.3) is 46.1 Å². The van der Waals surface area contributed by atoms with Gasteiger partial charge in [-0.05, 0) is 71.5 Å². The van der Waals surface area contributed by atoms with Crippen molar-refractivity contribution in [1.82, 2.24) is 9.97 Å². The molecule has 0 N–H and O–H groups in total. The Morgan fingerprint density at radius 2 is 0.806 bits per heavy atom. The summed E-state index contributed by atoms with van der Waals surface area (Å²) in [4.78, 5) is 9.03. The summed E-state index contributed by atoms with van der Waals surface area (Å²) in [6.07, 6.45) is 20.5. The average molecular weight is 465 g/mol. The predicted molar refractivity (Wildman–Crippen MR) is 156 cm³/mol. The standard InChI is InChI=1S/C34H28N2/c1-25-19-31-17-15-29(21-33(31)35-23-25)9-5-3-7-27-11-13-28(14-12-27)8-4-6-10-30-16-18-32-20-26(2)24-36-34(32)22-30/h3-24H,1-2H3/b7-3+,8-4+,9-5+,10-6+. The molecule has 0 bridgehead atoms. The van der Waals surface area contributed by atoms with E-state index in [1.165, 1.54) is 33.0 Å². The molecule has 0 radical (unpaired) electrons. The third-order valence-electron chi connectivity index (χ3n) is 6.00. The number of rotatable bonds is 6. The third kappa shape index (κ3) is 5.92. The van der Waals surface area contributed by atoms with Crippen LogP contribution in [0.15, 0.2) is 109 Å². The molecule has 0 fully saturated rings. The molecule has 5 rings (SSSR count). The van der Waals surface area contributed by atoms with Crippen molar-refractivity contribution in [2.24, 2.45) is 0 Å². The molecule has 174 valence electrons. The van der Waals surface area contributed by atoms with Crippen molar-refractivity contribution in [1.29, 1.82) is 0 Å². The Morgan fingerprint density at radius 3 is 1.22 bits per heavy atom. The zero-order chi connectivity index (χ0) is 24.7. The van der Waals surface area contributed by atoms with Crippen LogP contribution in [-0.4, -0.2) is 9.97 Å². The SMILES string of the molecule is Cc1cnc2cc(/C=C/C=C/c3ccc(/C=C/C=C/c4ccc5cc(C)cnc5c4)cc3)ccc2c1. The minimum absolute atomic E-state index is 1.02. The Hall–Kier alpha value is -4.56. The molecular weight excluding hydrogens is 436 g/mol. The molecule has 36 heavy (non-hydrogen) atoms. The van der Waals surface area contributed by atoms with Gasteiger partial charge in [-0.2, -0.15) is 0 Å². The van der Waals surface area contributed by atoms with Gasteiger partial charge in [0.25, 0.3) is 0 Å². The van der Waals surface area contributed by atoms with E-state index >= 15 is 0 Å². The number of benzene rings is 3. The minimum atomic E-state index is 1.02. The molecule has 0 aliphatic rings. The number of nitrogens with zero attached hydrogens (tertiary/aromatic N) is 2. The first kappa shape index (κ1) is 23.2. The average Bonchev–Trinajstić information content (AvgIpc) is 2.90. The molecule has 2 aromatic heterocycles. The lowest BCUT2D eigenvalue weighted by Crippen LogP contribution is -1.82. The lowest BCUT2D eigenvalue weighted by molar-refractivity contribution is 1.33. The zero-order valence-corrected chi connectivity index (χ0v) is 20.6. The molecular formula is C34H28N2. The zero-order valence-electron chi connectivity index (χ0n) is 20.6. The van der Waals surface area contributed by atoms with Crippen molar-refractivity contribution >= 4 is 46.1 Å². The molecule has 0 saturated heterocycles. The molecule has 2 heterocycles. The topological polar surface area (TPSA) is 25.8 Å². The summed E-state index contributed by atoms with van der Waals surface area (Å²) in [6, 6.07) is 25.6. The van der Waals surface area contributed by atoms with Crippen molar-refractivity contribution in [3.05, 3.63) is 143 Å². The summed E-state index contributed by atoms with van der Waals surface area (Å²) in [7, 11) is 0. The van der Waals surface area contributed by atoms with Gasteiger partial charge in [0.2, 0.25) is 0 Å². The molecule has 0 saturated carbocycles. The summed E-state index contributed by atoms with van der Waals surface area (Å²) >= 11 is 0. The Balaban J connectivity index is 1.17. The lowest BCUT2D eigenvalue weighted by Gasteiger charge is -2.00. The van der Waals surface area contributed by atoms with E-state index < -0.39 is 0 Å². The summed E-state index contributed by atoms with van der Waals surface area (Å²) in [5.74, 6) is 0. The fraction of sp³-hybridized carbons (Fsp3) is 0.0588. The van der Waals surface area contributed by atoms with Crippen molar-refractivity contribution in [2.45, 2.75) is 13.8 Å². The highest BCUT2D eigenvalue weighted by molar-refractivity contribution is 5.82. The maximum atomic E-state index is 4.52. The van der Waals surface area contributed by atoms with E-state index in [1.807, 2.05) is 12.4 Å². The van der Waals surface area contributed by atoms with E-state index in [1.54, 1.807) is 0 Å². The predicted octanol–water partition coefficient (Wildman–Crippen LogP) is 8.85. The number of hydrogen-bond donors (Lipinski definition) is 0. The molecule has 0 spiro atoms. The molecule has 0 atom stereocenters. The van der Waals surface area contributed by atoms with Crippen LogP contribution in [0.2, 0.25) is 0 Å². The smallest absolute Gasteiger partial charge is 0.0708 e. The second-order valence-corrected chi connectivity index (χ2v) is 9.03. The van der Waals surface area contributed by atoms with E-state index in [0.29, 0.717) is 0 Å². The Bertz CT molecular complexity index is 1510. The first-order valence-corrected chi connectivity index (χ1v) is 12.1. The Labute approximate surface area is 212 Å². The van der Waals surface area contributed by atoms with E-state index in [2.05, 4.69) is 145 Å². The molecule has 0 aliphatic carbocycles. The van der Waals surface area contributed by atoms with Gasteiger partial charge < -0.3 is 0 Å². The fourth-order valence-corrected chi connectivity index (χ4v) is 4.09. The Kier molecular flexibility index (Phi) is 6.95.